The van der Waals surface area contributed by atoms with E-state index in [-0.39, 0.29) is 0 Å². The Hall–Kier alpha value is -0.570. The molecule has 90 valence electrons. The van der Waals surface area contributed by atoms with Crippen molar-refractivity contribution in [1.82, 2.24) is 0 Å². The monoisotopic (exact) mass is 223 g/mol. The zero-order valence-corrected chi connectivity index (χ0v) is 9.99. The molecule has 3 heteroatoms. The summed E-state index contributed by atoms with van der Waals surface area (Å²) in [6, 6.07) is 0.768. The van der Waals surface area contributed by atoms with Gasteiger partial charge >= 0.3 is 0 Å². The Morgan fingerprint density at radius 1 is 1.00 bits per heavy atom. The van der Waals surface area contributed by atoms with Crippen molar-refractivity contribution in [3.63, 3.8) is 0 Å². The molecule has 0 radical (unpaired) electrons. The van der Waals surface area contributed by atoms with Gasteiger partial charge in [-0.15, -0.1) is 0 Å². The molecule has 0 aromatic rings. The van der Waals surface area contributed by atoms with E-state index < -0.39 is 0 Å². The van der Waals surface area contributed by atoms with Crippen LogP contribution in [0.25, 0.3) is 0 Å². The van der Waals surface area contributed by atoms with Gasteiger partial charge in [0.25, 0.3) is 0 Å². The van der Waals surface area contributed by atoms with Gasteiger partial charge in [0.2, 0.25) is 0 Å². The lowest BCUT2D eigenvalue weighted by atomic mass is 9.81. The molecule has 3 atom stereocenters. The molecule has 0 spiro atoms. The zero-order valence-electron chi connectivity index (χ0n) is 9.99. The molecule has 0 unspecified atom stereocenters. The zero-order chi connectivity index (χ0) is 11.0. The molecule has 0 amide bonds. The first-order valence-electron chi connectivity index (χ1n) is 6.96. The predicted octanol–water partition coefficient (Wildman–Crippen LogP) is 1.07. The number of nitrogens with zero attached hydrogens (tertiary/aromatic N) is 1. The molecule has 3 nitrogen and oxygen atoms in total. The van der Waals surface area contributed by atoms with Crippen LogP contribution in [-0.2, 0) is 0 Å². The van der Waals surface area contributed by atoms with E-state index in [9.17, 15) is 0 Å². The number of quaternary nitrogens is 1. The van der Waals surface area contributed by atoms with E-state index in [0.717, 1.165) is 11.8 Å². The van der Waals surface area contributed by atoms with E-state index >= 15 is 0 Å². The molecule has 2 saturated carbocycles. The summed E-state index contributed by atoms with van der Waals surface area (Å²) in [6.07, 6.45) is 9.39. The maximum atomic E-state index is 9.17. The fourth-order valence-electron chi connectivity index (χ4n) is 4.28. The highest BCUT2D eigenvalue weighted by Crippen LogP contribution is 2.39. The summed E-state index contributed by atoms with van der Waals surface area (Å²) < 4.78 is 0. The summed E-state index contributed by atoms with van der Waals surface area (Å²) in [6.45, 7) is 2.70. The van der Waals surface area contributed by atoms with Crippen LogP contribution in [0.4, 0.5) is 0 Å². The third-order valence-corrected chi connectivity index (χ3v) is 5.07. The second-order valence-electron chi connectivity index (χ2n) is 5.81. The molecule has 2 aliphatic carbocycles. The normalized spacial score (nSPS) is 42.8. The number of likely N-dealkylation sites (tertiary alicyclic amines) is 1. The molecule has 1 aliphatic heterocycles. The smallest absolute Gasteiger partial charge is 0.0957 e. The van der Waals surface area contributed by atoms with Crippen LogP contribution < -0.4 is 4.90 Å². The summed E-state index contributed by atoms with van der Waals surface area (Å²) in [5, 5.41) is 12.8. The first kappa shape index (κ1) is 10.6. The number of fused-ring (bicyclic) bond motifs is 2. The SMILES string of the molecule is ON=C1[C@H]2CC[C@H]1[C@H]([NH+]1CCCCC1)CC2. The molecule has 1 heterocycles. The summed E-state index contributed by atoms with van der Waals surface area (Å²) in [5.41, 5.74) is 1.15. The van der Waals surface area contributed by atoms with Gasteiger partial charge in [0.15, 0.2) is 0 Å². The molecule has 3 fully saturated rings. The van der Waals surface area contributed by atoms with Gasteiger partial charge in [0.05, 0.1) is 30.8 Å². The van der Waals surface area contributed by atoms with Crippen LogP contribution in [0.2, 0.25) is 0 Å². The highest BCUT2D eigenvalue weighted by atomic mass is 16.4. The average molecular weight is 223 g/mol. The highest BCUT2D eigenvalue weighted by molar-refractivity contribution is 5.91. The number of hydrogen-bond donors (Lipinski definition) is 2. The van der Waals surface area contributed by atoms with Crippen LogP contribution in [0, 0.1) is 11.8 Å². The maximum absolute atomic E-state index is 9.17. The van der Waals surface area contributed by atoms with Crippen LogP contribution in [0.1, 0.15) is 44.9 Å². The quantitative estimate of drug-likeness (QED) is 0.506. The van der Waals surface area contributed by atoms with Crippen molar-refractivity contribution in [2.24, 2.45) is 17.0 Å². The number of rotatable bonds is 1. The van der Waals surface area contributed by atoms with Crippen LogP contribution in [0.15, 0.2) is 5.16 Å². The minimum atomic E-state index is 0.608. The lowest BCUT2D eigenvalue weighted by molar-refractivity contribution is -0.933. The Balaban J connectivity index is 1.75. The first-order valence-corrected chi connectivity index (χ1v) is 6.96. The second-order valence-corrected chi connectivity index (χ2v) is 5.81. The van der Waals surface area contributed by atoms with Crippen molar-refractivity contribution < 1.29 is 10.1 Å². The second kappa shape index (κ2) is 4.36. The Labute approximate surface area is 97.5 Å². The molecule has 3 aliphatic rings. The topological polar surface area (TPSA) is 37.0 Å². The minimum Gasteiger partial charge on any atom is -0.411 e. The van der Waals surface area contributed by atoms with Crippen molar-refractivity contribution in [3.05, 3.63) is 0 Å². The van der Waals surface area contributed by atoms with Gasteiger partial charge in [-0.25, -0.2) is 0 Å². The van der Waals surface area contributed by atoms with Gasteiger partial charge in [-0.1, -0.05) is 5.16 Å². The molecule has 2 N–H and O–H groups in total. The lowest BCUT2D eigenvalue weighted by Gasteiger charge is -2.37. The average Bonchev–Trinajstić information content (AvgIpc) is 2.63. The number of piperidine rings is 1. The third-order valence-electron chi connectivity index (χ3n) is 5.07. The largest absolute Gasteiger partial charge is 0.411 e. The molecule has 3 rings (SSSR count). The Bertz CT molecular complexity index is 284. The van der Waals surface area contributed by atoms with Crippen molar-refractivity contribution in [2.75, 3.05) is 13.1 Å². The van der Waals surface area contributed by atoms with Crippen molar-refractivity contribution in [3.8, 4) is 0 Å². The van der Waals surface area contributed by atoms with Crippen LogP contribution in [-0.4, -0.2) is 30.1 Å². The van der Waals surface area contributed by atoms with Gasteiger partial charge < -0.3 is 10.1 Å². The Morgan fingerprint density at radius 2 is 1.75 bits per heavy atom. The lowest BCUT2D eigenvalue weighted by Crippen LogP contribution is -3.17. The van der Waals surface area contributed by atoms with Crippen LogP contribution in [0.5, 0.6) is 0 Å². The molecule has 2 bridgehead atoms. The number of oxime groups is 1. The summed E-state index contributed by atoms with van der Waals surface area (Å²) in [4.78, 5) is 1.80. The van der Waals surface area contributed by atoms with E-state index in [2.05, 4.69) is 5.16 Å². The Kier molecular flexibility index (Phi) is 2.88. The molecule has 0 aromatic carbocycles. The molecule has 1 saturated heterocycles. The van der Waals surface area contributed by atoms with E-state index in [0.29, 0.717) is 11.8 Å². The fraction of sp³-hybridized carbons (Fsp3) is 0.923. The van der Waals surface area contributed by atoms with E-state index in [1.165, 1.54) is 58.0 Å². The highest BCUT2D eigenvalue weighted by Gasteiger charge is 2.46. The Morgan fingerprint density at radius 3 is 2.50 bits per heavy atom. The number of hydrogen-bond acceptors (Lipinski definition) is 2. The van der Waals surface area contributed by atoms with Gasteiger partial charge in [0.1, 0.15) is 0 Å². The molecular weight excluding hydrogens is 200 g/mol. The third kappa shape index (κ3) is 1.65. The summed E-state index contributed by atoms with van der Waals surface area (Å²) >= 11 is 0. The van der Waals surface area contributed by atoms with Gasteiger partial charge in [-0.05, 0) is 38.5 Å². The van der Waals surface area contributed by atoms with Gasteiger partial charge in [-0.2, -0.15) is 0 Å². The standard InChI is InChI=1S/C13H22N2O/c16-14-13-10-4-6-11(13)12(7-5-10)15-8-2-1-3-9-15/h10-12,16H,1-9H2/p+1/t10-,11-,12+/m0/s1. The van der Waals surface area contributed by atoms with Crippen molar-refractivity contribution in [1.29, 1.82) is 0 Å². The molecule has 16 heavy (non-hydrogen) atoms. The fourth-order valence-corrected chi connectivity index (χ4v) is 4.28. The molecular formula is C13H23N2O+. The van der Waals surface area contributed by atoms with Crippen molar-refractivity contribution >= 4 is 5.71 Å². The van der Waals surface area contributed by atoms with Crippen molar-refractivity contribution in [2.45, 2.75) is 51.0 Å². The predicted molar refractivity (Wildman–Crippen MR) is 63.0 cm³/mol. The summed E-state index contributed by atoms with van der Waals surface area (Å²) in [7, 11) is 0. The van der Waals surface area contributed by atoms with E-state index in [1.54, 1.807) is 4.90 Å². The minimum absolute atomic E-state index is 0.608. The molecule has 0 aromatic heterocycles. The van der Waals surface area contributed by atoms with Crippen LogP contribution in [0.3, 0.4) is 0 Å². The van der Waals surface area contributed by atoms with Gasteiger partial charge in [0, 0.05) is 12.3 Å². The van der Waals surface area contributed by atoms with Crippen LogP contribution >= 0.6 is 0 Å². The van der Waals surface area contributed by atoms with Gasteiger partial charge in [-0.3, -0.25) is 0 Å². The van der Waals surface area contributed by atoms with E-state index in [1.807, 2.05) is 0 Å². The maximum Gasteiger partial charge on any atom is 0.0957 e. The summed E-state index contributed by atoms with van der Waals surface area (Å²) in [5.74, 6) is 1.23. The number of nitrogens with one attached hydrogen (secondary N) is 1. The first-order chi connectivity index (χ1) is 7.90. The van der Waals surface area contributed by atoms with E-state index in [4.69, 9.17) is 5.21 Å².